The summed E-state index contributed by atoms with van der Waals surface area (Å²) in [5.74, 6) is -0.253. The summed E-state index contributed by atoms with van der Waals surface area (Å²) in [6.45, 7) is 4.54. The van der Waals surface area contributed by atoms with Crippen LogP contribution in [0.3, 0.4) is 0 Å². The van der Waals surface area contributed by atoms with Crippen molar-refractivity contribution in [2.75, 3.05) is 13.2 Å². The van der Waals surface area contributed by atoms with Crippen LogP contribution in [-0.2, 0) is 9.53 Å². The van der Waals surface area contributed by atoms with Gasteiger partial charge in [-0.15, -0.1) is 0 Å². The third kappa shape index (κ3) is 12.0. The van der Waals surface area contributed by atoms with E-state index < -0.39 is 0 Å². The minimum absolute atomic E-state index is 0.0721. The molecule has 0 aromatic carbocycles. The Kier molecular flexibility index (Phi) is 13.0. The molecule has 0 saturated heterocycles. The highest BCUT2D eigenvalue weighted by molar-refractivity contribution is 5.87. The lowest BCUT2D eigenvalue weighted by Crippen LogP contribution is -2.07. The molecule has 0 spiro atoms. The van der Waals surface area contributed by atoms with E-state index in [2.05, 4.69) is 6.92 Å². The normalized spacial score (nSPS) is 11.6. The number of unbranched alkanes of at least 4 members (excludes halogenated alkanes) is 7. The van der Waals surface area contributed by atoms with Crippen LogP contribution in [0.25, 0.3) is 0 Å². The maximum Gasteiger partial charge on any atom is 0.333 e. The second-order valence-corrected chi connectivity index (χ2v) is 5.01. The number of rotatable bonds is 12. The zero-order valence-electron chi connectivity index (χ0n) is 12.6. The first kappa shape index (κ1) is 18.2. The molecule has 0 atom stereocenters. The second-order valence-electron chi connectivity index (χ2n) is 5.01. The van der Waals surface area contributed by atoms with Crippen molar-refractivity contribution in [3.63, 3.8) is 0 Å². The van der Waals surface area contributed by atoms with E-state index in [9.17, 15) is 4.79 Å². The van der Waals surface area contributed by atoms with Crippen LogP contribution in [0.2, 0.25) is 0 Å². The van der Waals surface area contributed by atoms with Gasteiger partial charge in [0.25, 0.3) is 0 Å². The molecule has 0 aliphatic heterocycles. The Balaban J connectivity index is 3.36. The van der Waals surface area contributed by atoms with Crippen molar-refractivity contribution in [3.8, 4) is 0 Å². The fourth-order valence-electron chi connectivity index (χ4n) is 1.88. The van der Waals surface area contributed by atoms with Gasteiger partial charge in [-0.3, -0.25) is 0 Å². The van der Waals surface area contributed by atoms with Crippen LogP contribution in [-0.4, -0.2) is 24.3 Å². The van der Waals surface area contributed by atoms with Crippen LogP contribution in [0.4, 0.5) is 0 Å². The van der Waals surface area contributed by atoms with Crippen LogP contribution in [0.15, 0.2) is 11.6 Å². The number of aliphatic hydroxyl groups excluding tert-OH is 1. The third-order valence-corrected chi connectivity index (χ3v) is 3.13. The molecule has 3 nitrogen and oxygen atoms in total. The van der Waals surface area contributed by atoms with Gasteiger partial charge >= 0.3 is 5.97 Å². The average molecular weight is 270 g/mol. The first-order valence-electron chi connectivity index (χ1n) is 7.67. The molecule has 0 aliphatic carbocycles. The lowest BCUT2D eigenvalue weighted by atomic mass is 10.1. The predicted octanol–water partition coefficient (Wildman–Crippen LogP) is 4.00. The van der Waals surface area contributed by atoms with Crippen LogP contribution in [0, 0.1) is 0 Å². The molecule has 0 amide bonds. The standard InChI is InChI=1S/C16H30O3/c1-3-4-5-6-7-8-9-10-14-19-16(18)15(2)12-11-13-17/h12,17H,3-11,13-14H2,1-2H3. The topological polar surface area (TPSA) is 46.5 Å². The molecule has 0 aromatic heterocycles. The van der Waals surface area contributed by atoms with Gasteiger partial charge in [-0.25, -0.2) is 4.79 Å². The molecule has 0 fully saturated rings. The number of esters is 1. The van der Waals surface area contributed by atoms with Gasteiger partial charge in [-0.1, -0.05) is 57.9 Å². The fraction of sp³-hybridized carbons (Fsp3) is 0.812. The highest BCUT2D eigenvalue weighted by Crippen LogP contribution is 2.08. The number of carbonyl (C=O) groups is 1. The van der Waals surface area contributed by atoms with Crippen molar-refractivity contribution >= 4 is 5.97 Å². The summed E-state index contributed by atoms with van der Waals surface area (Å²) in [4.78, 5) is 11.5. The van der Waals surface area contributed by atoms with Crippen molar-refractivity contribution in [3.05, 3.63) is 11.6 Å². The molecule has 0 unspecified atom stereocenters. The van der Waals surface area contributed by atoms with E-state index in [1.54, 1.807) is 13.0 Å². The van der Waals surface area contributed by atoms with Crippen LogP contribution in [0.1, 0.15) is 71.6 Å². The van der Waals surface area contributed by atoms with Crippen LogP contribution < -0.4 is 0 Å². The van der Waals surface area contributed by atoms with E-state index in [1.165, 1.54) is 38.5 Å². The molecule has 0 saturated carbocycles. The quantitative estimate of drug-likeness (QED) is 0.331. The molecule has 0 aliphatic rings. The largest absolute Gasteiger partial charge is 0.462 e. The van der Waals surface area contributed by atoms with Gasteiger partial charge < -0.3 is 9.84 Å². The zero-order chi connectivity index (χ0) is 14.3. The lowest BCUT2D eigenvalue weighted by molar-refractivity contribution is -0.139. The Morgan fingerprint density at radius 1 is 1.05 bits per heavy atom. The summed E-state index contributed by atoms with van der Waals surface area (Å²) in [6, 6.07) is 0. The maximum atomic E-state index is 11.5. The van der Waals surface area contributed by atoms with Gasteiger partial charge in [0, 0.05) is 12.2 Å². The van der Waals surface area contributed by atoms with Gasteiger partial charge in [0.2, 0.25) is 0 Å². The zero-order valence-corrected chi connectivity index (χ0v) is 12.6. The number of hydrogen-bond donors (Lipinski definition) is 1. The molecule has 3 heteroatoms. The third-order valence-electron chi connectivity index (χ3n) is 3.13. The summed E-state index contributed by atoms with van der Waals surface area (Å²) in [5, 5.41) is 8.65. The monoisotopic (exact) mass is 270 g/mol. The van der Waals surface area contributed by atoms with Crippen molar-refractivity contribution < 1.29 is 14.6 Å². The Bertz CT molecular complexity index is 246. The minimum atomic E-state index is -0.253. The Labute approximate surface area is 118 Å². The number of aliphatic hydroxyl groups is 1. The first-order chi connectivity index (χ1) is 9.22. The average Bonchev–Trinajstić information content (AvgIpc) is 2.42. The van der Waals surface area contributed by atoms with E-state index in [1.807, 2.05) is 0 Å². The Morgan fingerprint density at radius 3 is 2.21 bits per heavy atom. The van der Waals surface area contributed by atoms with E-state index in [4.69, 9.17) is 9.84 Å². The van der Waals surface area contributed by atoms with Gasteiger partial charge in [0.05, 0.1) is 6.61 Å². The van der Waals surface area contributed by atoms with Gasteiger partial charge in [-0.05, 0) is 19.8 Å². The molecule has 1 N–H and O–H groups in total. The second kappa shape index (κ2) is 13.6. The van der Waals surface area contributed by atoms with Crippen LogP contribution in [0.5, 0.6) is 0 Å². The summed E-state index contributed by atoms with van der Waals surface area (Å²) in [7, 11) is 0. The van der Waals surface area contributed by atoms with Crippen molar-refractivity contribution in [1.29, 1.82) is 0 Å². The molecule has 0 heterocycles. The molecule has 0 radical (unpaired) electrons. The molecule has 0 rings (SSSR count). The van der Waals surface area contributed by atoms with Crippen molar-refractivity contribution in [2.45, 2.75) is 71.6 Å². The first-order valence-corrected chi connectivity index (χ1v) is 7.67. The molecule has 0 aromatic rings. The summed E-state index contributed by atoms with van der Waals surface area (Å²) in [6.07, 6.45) is 12.2. The number of hydrogen-bond acceptors (Lipinski definition) is 3. The highest BCUT2D eigenvalue weighted by atomic mass is 16.5. The van der Waals surface area contributed by atoms with Crippen LogP contribution >= 0.6 is 0 Å². The van der Waals surface area contributed by atoms with Gasteiger partial charge in [-0.2, -0.15) is 0 Å². The number of ether oxygens (including phenoxy) is 1. The molecule has 112 valence electrons. The molecule has 19 heavy (non-hydrogen) atoms. The maximum absolute atomic E-state index is 11.5. The fourth-order valence-corrected chi connectivity index (χ4v) is 1.88. The van der Waals surface area contributed by atoms with Crippen molar-refractivity contribution in [2.24, 2.45) is 0 Å². The molecular formula is C16H30O3. The van der Waals surface area contributed by atoms with E-state index >= 15 is 0 Å². The molecular weight excluding hydrogens is 240 g/mol. The van der Waals surface area contributed by atoms with E-state index in [-0.39, 0.29) is 12.6 Å². The highest BCUT2D eigenvalue weighted by Gasteiger charge is 2.04. The predicted molar refractivity (Wildman–Crippen MR) is 79.0 cm³/mol. The Morgan fingerprint density at radius 2 is 1.63 bits per heavy atom. The van der Waals surface area contributed by atoms with E-state index in [0.29, 0.717) is 18.6 Å². The Hall–Kier alpha value is -0.830. The minimum Gasteiger partial charge on any atom is -0.462 e. The number of carbonyl (C=O) groups excluding carboxylic acids is 1. The SMILES string of the molecule is CCCCCCCCCCOC(=O)C(C)=CCCO. The summed E-state index contributed by atoms with van der Waals surface area (Å²) in [5.41, 5.74) is 0.591. The lowest BCUT2D eigenvalue weighted by Gasteiger charge is -2.05. The molecule has 0 bridgehead atoms. The smallest absolute Gasteiger partial charge is 0.333 e. The van der Waals surface area contributed by atoms with Gasteiger partial charge in [0.15, 0.2) is 0 Å². The van der Waals surface area contributed by atoms with E-state index in [0.717, 1.165) is 12.8 Å². The summed E-state index contributed by atoms with van der Waals surface area (Å²) < 4.78 is 5.16. The van der Waals surface area contributed by atoms with Gasteiger partial charge in [0.1, 0.15) is 0 Å². The summed E-state index contributed by atoms with van der Waals surface area (Å²) >= 11 is 0. The van der Waals surface area contributed by atoms with Crippen molar-refractivity contribution in [1.82, 2.24) is 0 Å².